The summed E-state index contributed by atoms with van der Waals surface area (Å²) in [5.74, 6) is 0.0612. The van der Waals surface area contributed by atoms with Crippen molar-refractivity contribution < 1.29 is 23.7 Å². The van der Waals surface area contributed by atoms with Crippen LogP contribution in [0.5, 0.6) is 5.75 Å². The van der Waals surface area contributed by atoms with Crippen molar-refractivity contribution in [3.63, 3.8) is 0 Å². The quantitative estimate of drug-likeness (QED) is 0.805. The summed E-state index contributed by atoms with van der Waals surface area (Å²) in [6.07, 6.45) is -0.230. The van der Waals surface area contributed by atoms with Crippen molar-refractivity contribution in [2.24, 2.45) is 0 Å². The Morgan fingerprint density at radius 2 is 1.96 bits per heavy atom. The van der Waals surface area contributed by atoms with Crippen LogP contribution in [0.3, 0.4) is 0 Å². The van der Waals surface area contributed by atoms with Crippen LogP contribution in [0, 0.1) is 0 Å². The normalized spacial score (nSPS) is 24.9. The topological polar surface area (TPSA) is 54.0 Å². The molecule has 0 aromatic heterocycles. The Hall–Kier alpha value is -1.43. The highest BCUT2D eigenvalue weighted by Crippen LogP contribution is 2.30. The highest BCUT2D eigenvalue weighted by molar-refractivity contribution is 5.80. The summed E-state index contributed by atoms with van der Waals surface area (Å²) in [5.41, 5.74) is 1.06. The van der Waals surface area contributed by atoms with Crippen LogP contribution in [0.2, 0.25) is 0 Å². The number of ketones is 1. The Morgan fingerprint density at radius 1 is 1.30 bits per heavy atom. The molecule has 1 heterocycles. The third kappa shape index (κ3) is 5.03. The zero-order valence-electron chi connectivity index (χ0n) is 14.5. The second-order valence-electron chi connectivity index (χ2n) is 6.37. The molecule has 1 aromatic rings. The van der Waals surface area contributed by atoms with Gasteiger partial charge in [-0.05, 0) is 45.4 Å². The monoisotopic (exact) mass is 322 g/mol. The molecule has 0 radical (unpaired) electrons. The number of benzene rings is 1. The van der Waals surface area contributed by atoms with E-state index in [1.165, 1.54) is 0 Å². The van der Waals surface area contributed by atoms with Crippen molar-refractivity contribution in [1.82, 2.24) is 0 Å². The zero-order chi connectivity index (χ0) is 17.0. The van der Waals surface area contributed by atoms with E-state index in [0.29, 0.717) is 13.0 Å². The third-order valence-corrected chi connectivity index (χ3v) is 3.96. The molecule has 1 aliphatic rings. The lowest BCUT2D eigenvalue weighted by atomic mass is 10.0. The van der Waals surface area contributed by atoms with Crippen molar-refractivity contribution in [2.75, 3.05) is 7.11 Å². The van der Waals surface area contributed by atoms with Gasteiger partial charge in [-0.2, -0.15) is 0 Å². The number of carbonyl (C=O) groups excluding carboxylic acids is 1. The average molecular weight is 322 g/mol. The predicted octanol–water partition coefficient (Wildman–Crippen LogP) is 3.10. The Morgan fingerprint density at radius 3 is 2.52 bits per heavy atom. The van der Waals surface area contributed by atoms with Gasteiger partial charge in [0.15, 0.2) is 11.6 Å². The molecule has 0 bridgehead atoms. The van der Waals surface area contributed by atoms with E-state index in [9.17, 15) is 4.79 Å². The maximum absolute atomic E-state index is 11.7. The molecular weight excluding hydrogens is 296 g/mol. The summed E-state index contributed by atoms with van der Waals surface area (Å²) in [5, 5.41) is 0. The van der Waals surface area contributed by atoms with Gasteiger partial charge in [-0.3, -0.25) is 4.79 Å². The second kappa shape index (κ2) is 7.43. The van der Waals surface area contributed by atoms with Crippen LogP contribution in [-0.2, 0) is 25.6 Å². The number of hydrogen-bond acceptors (Lipinski definition) is 5. The largest absolute Gasteiger partial charge is 0.497 e. The Bertz CT molecular complexity index is 523. The first-order valence-electron chi connectivity index (χ1n) is 7.91. The molecule has 1 aromatic carbocycles. The lowest BCUT2D eigenvalue weighted by Gasteiger charge is -2.41. The van der Waals surface area contributed by atoms with Gasteiger partial charge in [0, 0.05) is 6.42 Å². The maximum Gasteiger partial charge on any atom is 0.164 e. The van der Waals surface area contributed by atoms with Crippen LogP contribution in [0.1, 0.15) is 39.7 Å². The molecule has 1 fully saturated rings. The molecular formula is C18H26O5. The molecule has 5 heteroatoms. The molecule has 0 unspecified atom stereocenters. The first kappa shape index (κ1) is 17.9. The van der Waals surface area contributed by atoms with Crippen molar-refractivity contribution in [1.29, 1.82) is 0 Å². The lowest BCUT2D eigenvalue weighted by molar-refractivity contribution is -0.308. The molecule has 2 rings (SSSR count). The van der Waals surface area contributed by atoms with Gasteiger partial charge < -0.3 is 18.9 Å². The van der Waals surface area contributed by atoms with Gasteiger partial charge in [0.05, 0.1) is 25.9 Å². The fourth-order valence-electron chi connectivity index (χ4n) is 2.64. The van der Waals surface area contributed by atoms with Crippen LogP contribution < -0.4 is 4.74 Å². The van der Waals surface area contributed by atoms with E-state index in [2.05, 4.69) is 0 Å². The third-order valence-electron chi connectivity index (χ3n) is 3.96. The Balaban J connectivity index is 1.93. The maximum atomic E-state index is 11.7. The molecule has 0 N–H and O–H groups in total. The minimum atomic E-state index is -0.781. The molecule has 0 saturated carbocycles. The highest BCUT2D eigenvalue weighted by Gasteiger charge is 2.39. The van der Waals surface area contributed by atoms with Crippen LogP contribution in [-0.4, -0.2) is 37.0 Å². The van der Waals surface area contributed by atoms with Gasteiger partial charge in [0.25, 0.3) is 0 Å². The number of Topliss-reactive ketones (excluding diaryl/α,β-unsaturated/α-hetero) is 1. The molecule has 23 heavy (non-hydrogen) atoms. The summed E-state index contributed by atoms with van der Waals surface area (Å²) in [6.45, 7) is 7.65. The van der Waals surface area contributed by atoms with Gasteiger partial charge in [0.1, 0.15) is 11.9 Å². The van der Waals surface area contributed by atoms with Crippen molar-refractivity contribution in [2.45, 2.75) is 64.8 Å². The summed E-state index contributed by atoms with van der Waals surface area (Å²) in [6, 6.07) is 7.75. The van der Waals surface area contributed by atoms with Gasteiger partial charge in [-0.1, -0.05) is 12.1 Å². The van der Waals surface area contributed by atoms with E-state index in [1.807, 2.05) is 45.0 Å². The number of methoxy groups -OCH3 is 1. The van der Waals surface area contributed by atoms with E-state index < -0.39 is 11.9 Å². The first-order chi connectivity index (χ1) is 10.8. The Kier molecular flexibility index (Phi) is 5.79. The summed E-state index contributed by atoms with van der Waals surface area (Å²) in [7, 11) is 1.64. The first-order valence-corrected chi connectivity index (χ1v) is 7.91. The van der Waals surface area contributed by atoms with E-state index >= 15 is 0 Å². The zero-order valence-corrected chi connectivity index (χ0v) is 14.5. The van der Waals surface area contributed by atoms with Crippen LogP contribution >= 0.6 is 0 Å². The molecule has 0 aliphatic carbocycles. The van der Waals surface area contributed by atoms with Crippen molar-refractivity contribution >= 4 is 5.78 Å². The highest BCUT2D eigenvalue weighted by atomic mass is 16.7. The average Bonchev–Trinajstić information content (AvgIpc) is 2.51. The second-order valence-corrected chi connectivity index (χ2v) is 6.37. The van der Waals surface area contributed by atoms with Gasteiger partial charge in [0.2, 0.25) is 0 Å². The predicted molar refractivity (Wildman–Crippen MR) is 86.4 cm³/mol. The van der Waals surface area contributed by atoms with Crippen LogP contribution in [0.4, 0.5) is 0 Å². The SMILES string of the molecule is COc1ccc(CO[C@@H](C)[C@@H]2C[C@H](C(C)=O)OC(C)(C)O2)cc1. The minimum absolute atomic E-state index is 0.0220. The molecule has 3 atom stereocenters. The van der Waals surface area contributed by atoms with Gasteiger partial charge in [-0.25, -0.2) is 0 Å². The number of rotatable bonds is 6. The standard InChI is InChI=1S/C18H26O5/c1-12(19)16-10-17(23-18(3,4)22-16)13(2)21-11-14-6-8-15(20-5)9-7-14/h6-9,13,16-17H,10-11H2,1-5H3/t13-,16+,17-/m0/s1. The molecule has 1 saturated heterocycles. The van der Waals surface area contributed by atoms with Crippen molar-refractivity contribution in [3.8, 4) is 5.75 Å². The lowest BCUT2D eigenvalue weighted by Crippen LogP contribution is -2.50. The van der Waals surface area contributed by atoms with E-state index in [1.54, 1.807) is 14.0 Å². The van der Waals surface area contributed by atoms with Crippen LogP contribution in [0.25, 0.3) is 0 Å². The van der Waals surface area contributed by atoms with E-state index in [-0.39, 0.29) is 18.0 Å². The van der Waals surface area contributed by atoms with E-state index in [0.717, 1.165) is 11.3 Å². The minimum Gasteiger partial charge on any atom is -0.497 e. The number of ether oxygens (including phenoxy) is 4. The summed E-state index contributed by atoms with van der Waals surface area (Å²) in [4.78, 5) is 11.7. The van der Waals surface area contributed by atoms with Gasteiger partial charge >= 0.3 is 0 Å². The molecule has 128 valence electrons. The molecule has 0 spiro atoms. The fourth-order valence-corrected chi connectivity index (χ4v) is 2.64. The summed E-state index contributed by atoms with van der Waals surface area (Å²) < 4.78 is 22.7. The van der Waals surface area contributed by atoms with Crippen molar-refractivity contribution in [3.05, 3.63) is 29.8 Å². The Labute approximate surface area is 137 Å². The van der Waals surface area contributed by atoms with E-state index in [4.69, 9.17) is 18.9 Å². The molecule has 1 aliphatic heterocycles. The molecule has 5 nitrogen and oxygen atoms in total. The van der Waals surface area contributed by atoms with Crippen LogP contribution in [0.15, 0.2) is 24.3 Å². The van der Waals surface area contributed by atoms with Gasteiger partial charge in [-0.15, -0.1) is 0 Å². The number of hydrogen-bond donors (Lipinski definition) is 0. The fraction of sp³-hybridized carbons (Fsp3) is 0.611. The molecule has 0 amide bonds. The summed E-state index contributed by atoms with van der Waals surface area (Å²) >= 11 is 0. The smallest absolute Gasteiger partial charge is 0.164 e. The number of carbonyl (C=O) groups is 1.